The number of carboxylic acids is 1. The average Bonchev–Trinajstić information content (AvgIpc) is 2.70. The lowest BCUT2D eigenvalue weighted by molar-refractivity contribution is -0.391. The van der Waals surface area contributed by atoms with Crippen molar-refractivity contribution in [1.29, 1.82) is 0 Å². The lowest BCUT2D eigenvalue weighted by Crippen LogP contribution is -2.36. The first-order valence-electron chi connectivity index (χ1n) is 6.06. The molecule has 2 N–H and O–H groups in total. The predicted octanol–water partition coefficient (Wildman–Crippen LogP) is 1.02. The van der Waals surface area contributed by atoms with Crippen LogP contribution in [0.1, 0.15) is 24.3 Å². The van der Waals surface area contributed by atoms with E-state index in [-0.39, 0.29) is 24.0 Å². The van der Waals surface area contributed by atoms with Crippen LogP contribution in [0.2, 0.25) is 0 Å². The molecule has 0 bridgehead atoms. The molecule has 110 valence electrons. The third kappa shape index (κ3) is 3.34. The van der Waals surface area contributed by atoms with Gasteiger partial charge in [-0.25, -0.2) is 4.57 Å². The van der Waals surface area contributed by atoms with Gasteiger partial charge in [0.1, 0.15) is 0 Å². The van der Waals surface area contributed by atoms with Gasteiger partial charge in [0.25, 0.3) is 5.91 Å². The highest BCUT2D eigenvalue weighted by molar-refractivity contribution is 5.93. The van der Waals surface area contributed by atoms with Gasteiger partial charge in [-0.3, -0.25) is 9.59 Å². The van der Waals surface area contributed by atoms with E-state index in [1.54, 1.807) is 13.8 Å². The molecule has 0 saturated heterocycles. The van der Waals surface area contributed by atoms with Gasteiger partial charge >= 0.3 is 11.8 Å². The minimum Gasteiger partial charge on any atom is -0.481 e. The van der Waals surface area contributed by atoms with Crippen molar-refractivity contribution in [1.82, 2.24) is 9.88 Å². The van der Waals surface area contributed by atoms with Gasteiger partial charge in [0.2, 0.25) is 0 Å². The third-order valence-electron chi connectivity index (χ3n) is 3.12. The highest BCUT2D eigenvalue weighted by Crippen LogP contribution is 2.15. The molecule has 1 aromatic heterocycles. The van der Waals surface area contributed by atoms with E-state index in [9.17, 15) is 19.7 Å². The van der Waals surface area contributed by atoms with Crippen LogP contribution in [0.4, 0.5) is 5.82 Å². The van der Waals surface area contributed by atoms with Crippen molar-refractivity contribution in [3.05, 3.63) is 27.9 Å². The summed E-state index contributed by atoms with van der Waals surface area (Å²) in [7, 11) is 1.41. The van der Waals surface area contributed by atoms with E-state index < -0.39 is 22.7 Å². The Bertz CT molecular complexity index is 535. The van der Waals surface area contributed by atoms with Gasteiger partial charge in [-0.1, -0.05) is 13.8 Å². The van der Waals surface area contributed by atoms with E-state index in [0.717, 1.165) is 4.57 Å². The number of carbonyl (C=O) groups excluding carboxylic acids is 1. The number of hydrogen-bond donors (Lipinski definition) is 2. The summed E-state index contributed by atoms with van der Waals surface area (Å²) in [6, 6.07) is 2.56. The van der Waals surface area contributed by atoms with Crippen molar-refractivity contribution in [3.8, 4) is 0 Å². The number of carboxylic acid groups (broad SMARTS) is 1. The summed E-state index contributed by atoms with van der Waals surface area (Å²) >= 11 is 0. The van der Waals surface area contributed by atoms with Crippen LogP contribution in [0.15, 0.2) is 12.1 Å². The third-order valence-corrected chi connectivity index (χ3v) is 3.12. The fourth-order valence-corrected chi connectivity index (χ4v) is 1.81. The van der Waals surface area contributed by atoms with E-state index in [4.69, 9.17) is 5.11 Å². The van der Waals surface area contributed by atoms with Crippen molar-refractivity contribution in [2.75, 3.05) is 6.54 Å². The van der Waals surface area contributed by atoms with Gasteiger partial charge in [-0.15, -0.1) is 0 Å². The molecule has 1 atom stereocenters. The summed E-state index contributed by atoms with van der Waals surface area (Å²) in [5.74, 6) is -2.55. The summed E-state index contributed by atoms with van der Waals surface area (Å²) in [5.41, 5.74) is 0.115. The zero-order chi connectivity index (χ0) is 15.4. The second-order valence-electron chi connectivity index (χ2n) is 4.79. The second kappa shape index (κ2) is 6.18. The Hall–Kier alpha value is -2.38. The molecule has 1 unspecified atom stereocenters. The summed E-state index contributed by atoms with van der Waals surface area (Å²) in [6.07, 6.45) is 0. The number of aliphatic carboxylic acids is 1. The standard InChI is InChI=1S/C12H17N3O5/c1-7(2)8(12(17)18)6-13-11(16)9-4-5-10(14(9)3)15(19)20/h4-5,7-8H,6H2,1-3H3,(H,13,16)(H,17,18). The highest BCUT2D eigenvalue weighted by atomic mass is 16.6. The van der Waals surface area contributed by atoms with E-state index >= 15 is 0 Å². The molecule has 0 radical (unpaired) electrons. The minimum atomic E-state index is -0.988. The molecule has 0 aliphatic heterocycles. The Labute approximate surface area is 115 Å². The Balaban J connectivity index is 2.77. The van der Waals surface area contributed by atoms with Crippen LogP contribution in [0, 0.1) is 22.0 Å². The normalized spacial score (nSPS) is 12.2. The van der Waals surface area contributed by atoms with Crippen molar-refractivity contribution in [2.24, 2.45) is 18.9 Å². The number of rotatable bonds is 6. The quantitative estimate of drug-likeness (QED) is 0.597. The monoisotopic (exact) mass is 283 g/mol. The largest absolute Gasteiger partial charge is 0.481 e. The molecule has 1 aromatic rings. The number of carbonyl (C=O) groups is 2. The molecular weight excluding hydrogens is 266 g/mol. The Kier molecular flexibility index (Phi) is 4.84. The van der Waals surface area contributed by atoms with Crippen LogP contribution in [0.3, 0.4) is 0 Å². The van der Waals surface area contributed by atoms with Gasteiger partial charge in [0.05, 0.1) is 13.0 Å². The molecule has 1 amide bonds. The highest BCUT2D eigenvalue weighted by Gasteiger charge is 2.25. The molecule has 0 aliphatic rings. The van der Waals surface area contributed by atoms with Gasteiger partial charge in [-0.2, -0.15) is 0 Å². The first kappa shape index (κ1) is 15.7. The lowest BCUT2D eigenvalue weighted by atomic mass is 9.96. The molecule has 8 heteroatoms. The maximum atomic E-state index is 11.9. The molecule has 0 fully saturated rings. The van der Waals surface area contributed by atoms with Crippen molar-refractivity contribution < 1.29 is 19.6 Å². The first-order chi connectivity index (χ1) is 9.25. The molecule has 0 saturated carbocycles. The van der Waals surface area contributed by atoms with E-state index in [1.165, 1.54) is 19.2 Å². The average molecular weight is 283 g/mol. The minimum absolute atomic E-state index is 0.0230. The fourth-order valence-electron chi connectivity index (χ4n) is 1.81. The molecule has 8 nitrogen and oxygen atoms in total. The van der Waals surface area contributed by atoms with Crippen LogP contribution in [-0.2, 0) is 11.8 Å². The summed E-state index contributed by atoms with van der Waals surface area (Å²) in [6.45, 7) is 3.47. The van der Waals surface area contributed by atoms with Crippen LogP contribution < -0.4 is 5.32 Å². The summed E-state index contributed by atoms with van der Waals surface area (Å²) < 4.78 is 1.15. The predicted molar refractivity (Wildman–Crippen MR) is 70.4 cm³/mol. The number of nitro groups is 1. The topological polar surface area (TPSA) is 114 Å². The van der Waals surface area contributed by atoms with Gasteiger partial charge in [0.15, 0.2) is 5.69 Å². The maximum Gasteiger partial charge on any atom is 0.323 e. The molecule has 1 heterocycles. The number of nitrogens with zero attached hydrogens (tertiary/aromatic N) is 2. The summed E-state index contributed by atoms with van der Waals surface area (Å²) in [4.78, 5) is 33.0. The summed E-state index contributed by atoms with van der Waals surface area (Å²) in [5, 5.41) is 22.2. The number of aromatic nitrogens is 1. The van der Waals surface area contributed by atoms with Gasteiger partial charge < -0.3 is 20.5 Å². The van der Waals surface area contributed by atoms with Crippen molar-refractivity contribution in [3.63, 3.8) is 0 Å². The van der Waals surface area contributed by atoms with Crippen molar-refractivity contribution >= 4 is 17.7 Å². The molecule has 20 heavy (non-hydrogen) atoms. The Morgan fingerprint density at radius 3 is 2.45 bits per heavy atom. The van der Waals surface area contributed by atoms with E-state index in [0.29, 0.717) is 0 Å². The Morgan fingerprint density at radius 1 is 1.45 bits per heavy atom. The Morgan fingerprint density at radius 2 is 2.05 bits per heavy atom. The van der Waals surface area contributed by atoms with Crippen LogP contribution in [-0.4, -0.2) is 33.0 Å². The molecule has 0 aromatic carbocycles. The smallest absolute Gasteiger partial charge is 0.323 e. The van der Waals surface area contributed by atoms with Gasteiger partial charge in [0, 0.05) is 12.6 Å². The van der Waals surface area contributed by atoms with E-state index in [2.05, 4.69) is 5.32 Å². The fraction of sp³-hybridized carbons (Fsp3) is 0.500. The zero-order valence-electron chi connectivity index (χ0n) is 11.5. The lowest BCUT2D eigenvalue weighted by Gasteiger charge is -2.16. The van der Waals surface area contributed by atoms with Crippen LogP contribution >= 0.6 is 0 Å². The molecule has 0 aliphatic carbocycles. The number of hydrogen-bond acceptors (Lipinski definition) is 4. The maximum absolute atomic E-state index is 11.9. The van der Waals surface area contributed by atoms with Crippen molar-refractivity contribution in [2.45, 2.75) is 13.8 Å². The zero-order valence-corrected chi connectivity index (χ0v) is 11.5. The van der Waals surface area contributed by atoms with Crippen LogP contribution in [0.25, 0.3) is 0 Å². The van der Waals surface area contributed by atoms with E-state index in [1.807, 2.05) is 0 Å². The van der Waals surface area contributed by atoms with Crippen LogP contribution in [0.5, 0.6) is 0 Å². The number of nitrogens with one attached hydrogen (secondary N) is 1. The molecule has 0 spiro atoms. The van der Waals surface area contributed by atoms with Gasteiger partial charge in [-0.05, 0) is 16.9 Å². The SMILES string of the molecule is CC(C)C(CNC(=O)c1ccc([N+](=O)[O-])n1C)C(=O)O. The molecular formula is C12H17N3O5. The number of amides is 1. The molecule has 1 rings (SSSR count). The second-order valence-corrected chi connectivity index (χ2v) is 4.79. The first-order valence-corrected chi connectivity index (χ1v) is 6.06.